The van der Waals surface area contributed by atoms with Gasteiger partial charge >= 0.3 is 5.97 Å². The summed E-state index contributed by atoms with van der Waals surface area (Å²) in [5.74, 6) is -0.968. The maximum Gasteiger partial charge on any atom is 0.305 e. The topological polar surface area (TPSA) is 114 Å². The second-order valence-electron chi connectivity index (χ2n) is 4.27. The number of carboxylic acid groups (broad SMARTS) is 1. The van der Waals surface area contributed by atoms with Crippen molar-refractivity contribution in [2.45, 2.75) is 24.4 Å². The Bertz CT molecular complexity index is 712. The Morgan fingerprint density at radius 1 is 1.38 bits per heavy atom. The molecule has 0 aromatic carbocycles. The molecule has 0 saturated heterocycles. The number of aryl methyl sites for hydroxylation is 1. The van der Waals surface area contributed by atoms with Crippen LogP contribution in [0.2, 0.25) is 0 Å². The Hall–Kier alpha value is -2.26. The number of nitrogens with zero attached hydrogens (tertiary/aromatic N) is 3. The van der Waals surface area contributed by atoms with E-state index in [2.05, 4.69) is 14.8 Å². The van der Waals surface area contributed by atoms with Crippen molar-refractivity contribution >= 4 is 16.0 Å². The molecule has 0 aliphatic carbocycles. The van der Waals surface area contributed by atoms with E-state index in [9.17, 15) is 13.2 Å². The van der Waals surface area contributed by atoms with Crippen LogP contribution in [0.25, 0.3) is 0 Å². The van der Waals surface area contributed by atoms with Gasteiger partial charge in [0.1, 0.15) is 4.90 Å². The molecule has 0 amide bonds. The molecule has 0 fully saturated rings. The lowest BCUT2D eigenvalue weighted by Gasteiger charge is -2.04. The SMILES string of the molecule is O=C(O)CCn1cc(S(=O)(=O)NCc2cccnc2)cn1. The molecule has 112 valence electrons. The Kier molecular flexibility index (Phi) is 4.66. The molecule has 8 nitrogen and oxygen atoms in total. The third kappa shape index (κ3) is 4.36. The van der Waals surface area contributed by atoms with Gasteiger partial charge in [0, 0.05) is 25.1 Å². The van der Waals surface area contributed by atoms with Gasteiger partial charge in [-0.2, -0.15) is 5.10 Å². The Labute approximate surface area is 121 Å². The van der Waals surface area contributed by atoms with E-state index in [1.165, 1.54) is 17.1 Å². The lowest BCUT2D eigenvalue weighted by Crippen LogP contribution is -2.23. The van der Waals surface area contributed by atoms with E-state index >= 15 is 0 Å². The van der Waals surface area contributed by atoms with Gasteiger partial charge in [0.25, 0.3) is 0 Å². The number of aliphatic carboxylic acids is 1. The lowest BCUT2D eigenvalue weighted by molar-refractivity contribution is -0.137. The van der Waals surface area contributed by atoms with Gasteiger partial charge in [0.2, 0.25) is 10.0 Å². The summed E-state index contributed by atoms with van der Waals surface area (Å²) >= 11 is 0. The summed E-state index contributed by atoms with van der Waals surface area (Å²) < 4.78 is 27.8. The fraction of sp³-hybridized carbons (Fsp3) is 0.250. The fourth-order valence-electron chi connectivity index (χ4n) is 1.58. The summed E-state index contributed by atoms with van der Waals surface area (Å²) in [6, 6.07) is 3.47. The lowest BCUT2D eigenvalue weighted by atomic mass is 10.3. The molecular formula is C12H14N4O4S. The van der Waals surface area contributed by atoms with Crippen LogP contribution in [0.4, 0.5) is 0 Å². The zero-order valence-electron chi connectivity index (χ0n) is 11.0. The zero-order valence-corrected chi connectivity index (χ0v) is 11.8. The summed E-state index contributed by atoms with van der Waals surface area (Å²) in [5, 5.41) is 12.4. The fourth-order valence-corrected chi connectivity index (χ4v) is 2.55. The first-order valence-electron chi connectivity index (χ1n) is 6.10. The number of hydrogen-bond donors (Lipinski definition) is 2. The molecular weight excluding hydrogens is 296 g/mol. The Morgan fingerprint density at radius 2 is 2.19 bits per heavy atom. The van der Waals surface area contributed by atoms with Crippen molar-refractivity contribution in [3.05, 3.63) is 42.5 Å². The van der Waals surface area contributed by atoms with E-state index in [0.29, 0.717) is 0 Å². The van der Waals surface area contributed by atoms with Crippen LogP contribution in [0.5, 0.6) is 0 Å². The molecule has 2 rings (SSSR count). The summed E-state index contributed by atoms with van der Waals surface area (Å²) in [6.07, 6.45) is 5.54. The summed E-state index contributed by atoms with van der Waals surface area (Å²) in [6.45, 7) is 0.240. The Morgan fingerprint density at radius 3 is 2.86 bits per heavy atom. The standard InChI is InChI=1S/C12H14N4O4S/c17-12(18)3-5-16-9-11(8-14-16)21(19,20)15-7-10-2-1-4-13-6-10/h1-2,4,6,8-9,15H,3,5,7H2,(H,17,18). The second kappa shape index (κ2) is 6.46. The van der Waals surface area contributed by atoms with E-state index in [0.717, 1.165) is 5.56 Å². The molecule has 2 N–H and O–H groups in total. The molecule has 0 spiro atoms. The van der Waals surface area contributed by atoms with Gasteiger partial charge in [-0.05, 0) is 11.6 Å². The van der Waals surface area contributed by atoms with Crippen LogP contribution in [-0.4, -0.2) is 34.3 Å². The van der Waals surface area contributed by atoms with Crippen molar-refractivity contribution < 1.29 is 18.3 Å². The smallest absolute Gasteiger partial charge is 0.305 e. The maximum atomic E-state index is 12.1. The monoisotopic (exact) mass is 310 g/mol. The number of aromatic nitrogens is 3. The largest absolute Gasteiger partial charge is 0.481 e. The highest BCUT2D eigenvalue weighted by molar-refractivity contribution is 7.89. The van der Waals surface area contributed by atoms with Crippen molar-refractivity contribution in [2.24, 2.45) is 0 Å². The molecule has 0 atom stereocenters. The number of rotatable bonds is 7. The van der Waals surface area contributed by atoms with Crippen molar-refractivity contribution in [3.8, 4) is 0 Å². The first-order chi connectivity index (χ1) is 9.97. The molecule has 21 heavy (non-hydrogen) atoms. The molecule has 9 heteroatoms. The highest BCUT2D eigenvalue weighted by Crippen LogP contribution is 2.08. The molecule has 0 aliphatic rings. The van der Waals surface area contributed by atoms with Crippen molar-refractivity contribution in [3.63, 3.8) is 0 Å². The van der Waals surface area contributed by atoms with Crippen LogP contribution in [0.3, 0.4) is 0 Å². The van der Waals surface area contributed by atoms with E-state index in [1.54, 1.807) is 24.5 Å². The molecule has 0 radical (unpaired) electrons. The third-order valence-corrected chi connectivity index (χ3v) is 4.02. The first-order valence-corrected chi connectivity index (χ1v) is 7.58. The highest BCUT2D eigenvalue weighted by atomic mass is 32.2. The van der Waals surface area contributed by atoms with E-state index in [1.807, 2.05) is 0 Å². The van der Waals surface area contributed by atoms with Crippen LogP contribution in [0, 0.1) is 0 Å². The number of nitrogens with one attached hydrogen (secondary N) is 1. The molecule has 2 heterocycles. The molecule has 2 aromatic heterocycles. The number of sulfonamides is 1. The molecule has 0 unspecified atom stereocenters. The van der Waals surface area contributed by atoms with Gasteiger partial charge in [-0.15, -0.1) is 0 Å². The van der Waals surface area contributed by atoms with Crippen molar-refractivity contribution in [2.75, 3.05) is 0 Å². The normalized spacial score (nSPS) is 11.4. The molecule has 0 saturated carbocycles. The van der Waals surface area contributed by atoms with Gasteiger partial charge in [-0.1, -0.05) is 6.07 Å². The summed E-state index contributed by atoms with van der Waals surface area (Å²) in [5.41, 5.74) is 0.736. The summed E-state index contributed by atoms with van der Waals surface area (Å²) in [7, 11) is -3.68. The average molecular weight is 310 g/mol. The minimum atomic E-state index is -3.68. The quantitative estimate of drug-likeness (QED) is 0.756. The average Bonchev–Trinajstić information content (AvgIpc) is 2.94. The highest BCUT2D eigenvalue weighted by Gasteiger charge is 2.16. The number of carbonyl (C=O) groups is 1. The predicted molar refractivity (Wildman–Crippen MR) is 72.7 cm³/mol. The van der Waals surface area contributed by atoms with Gasteiger partial charge in [0.15, 0.2) is 0 Å². The Balaban J connectivity index is 2.01. The number of carboxylic acids is 1. The number of pyridine rings is 1. The van der Waals surface area contributed by atoms with E-state index in [-0.39, 0.29) is 24.4 Å². The molecule has 0 bridgehead atoms. The van der Waals surface area contributed by atoms with Gasteiger partial charge in [0.05, 0.1) is 19.2 Å². The van der Waals surface area contributed by atoms with Crippen molar-refractivity contribution in [1.82, 2.24) is 19.5 Å². The van der Waals surface area contributed by atoms with Crippen LogP contribution >= 0.6 is 0 Å². The van der Waals surface area contributed by atoms with Gasteiger partial charge < -0.3 is 5.11 Å². The van der Waals surface area contributed by atoms with Crippen LogP contribution < -0.4 is 4.72 Å². The van der Waals surface area contributed by atoms with Crippen LogP contribution in [0.15, 0.2) is 41.8 Å². The van der Waals surface area contributed by atoms with Crippen LogP contribution in [0.1, 0.15) is 12.0 Å². The predicted octanol–water partition coefficient (Wildman–Crippen LogP) is 0.231. The minimum absolute atomic E-state index is 0.00298. The number of hydrogen-bond acceptors (Lipinski definition) is 5. The third-order valence-electron chi connectivity index (χ3n) is 2.66. The van der Waals surface area contributed by atoms with E-state index < -0.39 is 16.0 Å². The zero-order chi connectivity index (χ0) is 15.3. The second-order valence-corrected chi connectivity index (χ2v) is 6.04. The minimum Gasteiger partial charge on any atom is -0.481 e. The van der Waals surface area contributed by atoms with E-state index in [4.69, 9.17) is 5.11 Å². The van der Waals surface area contributed by atoms with Crippen LogP contribution in [-0.2, 0) is 27.9 Å². The van der Waals surface area contributed by atoms with Gasteiger partial charge in [-0.25, -0.2) is 13.1 Å². The first kappa shape index (κ1) is 15.1. The molecule has 2 aromatic rings. The van der Waals surface area contributed by atoms with Crippen molar-refractivity contribution in [1.29, 1.82) is 0 Å². The molecule has 0 aliphatic heterocycles. The van der Waals surface area contributed by atoms with Gasteiger partial charge in [-0.3, -0.25) is 14.5 Å². The maximum absolute atomic E-state index is 12.1. The summed E-state index contributed by atoms with van der Waals surface area (Å²) in [4.78, 5) is 14.4.